The molecule has 0 saturated carbocycles. The predicted octanol–water partition coefficient (Wildman–Crippen LogP) is 10.9. The van der Waals surface area contributed by atoms with E-state index in [9.17, 15) is 4.79 Å². The van der Waals surface area contributed by atoms with Crippen molar-refractivity contribution >= 4 is 71.1 Å². The highest BCUT2D eigenvalue weighted by Gasteiger charge is 2.21. The quantitative estimate of drug-likeness (QED) is 0.178. The fraction of sp³-hybridized carbons (Fsp3) is 0. The van der Waals surface area contributed by atoms with Gasteiger partial charge in [0, 0.05) is 32.6 Å². The van der Waals surface area contributed by atoms with Crippen LogP contribution in [0.2, 0.25) is 0 Å². The third kappa shape index (κ3) is 3.91. The van der Waals surface area contributed by atoms with Gasteiger partial charge in [-0.25, -0.2) is 4.98 Å². The predicted molar refractivity (Wildman–Crippen MR) is 211 cm³/mol. The van der Waals surface area contributed by atoms with E-state index in [0.29, 0.717) is 5.39 Å². The Morgan fingerprint density at radius 2 is 0.843 bits per heavy atom. The summed E-state index contributed by atoms with van der Waals surface area (Å²) in [6.07, 6.45) is 0. The number of nitrogens with zero attached hydrogens (tertiary/aromatic N) is 4. The Morgan fingerprint density at radius 3 is 1.45 bits per heavy atom. The smallest absolute Gasteiger partial charge is 0.264 e. The Morgan fingerprint density at radius 1 is 0.392 bits per heavy atom. The number of hydrogen-bond donors (Lipinski definition) is 0. The molecule has 0 N–H and O–H groups in total. The van der Waals surface area contributed by atoms with Gasteiger partial charge in [0.05, 0.1) is 27.8 Å². The molecule has 0 saturated heterocycles. The maximum atomic E-state index is 14.6. The molecule has 0 radical (unpaired) electrons. The van der Waals surface area contributed by atoms with E-state index in [1.54, 1.807) is 0 Å². The van der Waals surface area contributed by atoms with Gasteiger partial charge < -0.3 is 4.57 Å². The standard InChI is InChI=1S/C46H28N4O/c51-46-38-16-4-2-14-36(38)43-35-13-1-3-15-37(35)44-47-39-17-7-10-20-42(39)50(44)45(43)49(46)32-27-23-30(24-28-32)29-21-25-31(26-22-29)48-40-18-8-5-11-33(40)34-12-6-9-19-41(34)48/h1-28H. The van der Waals surface area contributed by atoms with Crippen molar-refractivity contribution in [2.24, 2.45) is 0 Å². The van der Waals surface area contributed by atoms with Gasteiger partial charge in [-0.2, -0.15) is 0 Å². The van der Waals surface area contributed by atoms with Gasteiger partial charge in [0.2, 0.25) is 0 Å². The van der Waals surface area contributed by atoms with E-state index in [0.717, 1.165) is 66.4 Å². The lowest BCUT2D eigenvalue weighted by Gasteiger charge is -2.18. The second-order valence-corrected chi connectivity index (χ2v) is 13.2. The van der Waals surface area contributed by atoms with Crippen molar-refractivity contribution in [1.82, 2.24) is 18.5 Å². The molecule has 0 bridgehead atoms. The Balaban J connectivity index is 1.11. The minimum Gasteiger partial charge on any atom is -0.309 e. The lowest BCUT2D eigenvalue weighted by atomic mass is 10.0. The molecule has 4 aromatic heterocycles. The summed E-state index contributed by atoms with van der Waals surface area (Å²) in [6.45, 7) is 0. The summed E-state index contributed by atoms with van der Waals surface area (Å²) in [5.41, 5.74) is 9.93. The zero-order valence-corrected chi connectivity index (χ0v) is 27.4. The van der Waals surface area contributed by atoms with Gasteiger partial charge in [0.1, 0.15) is 11.3 Å². The van der Waals surface area contributed by atoms with Crippen molar-refractivity contribution in [3.05, 3.63) is 180 Å². The Bertz CT molecular complexity index is 3200. The fourth-order valence-corrected chi connectivity index (χ4v) is 8.18. The van der Waals surface area contributed by atoms with E-state index in [-0.39, 0.29) is 5.56 Å². The van der Waals surface area contributed by atoms with Crippen LogP contribution in [0.1, 0.15) is 0 Å². The third-order valence-electron chi connectivity index (χ3n) is 10.4. The first-order valence-electron chi connectivity index (χ1n) is 17.2. The second kappa shape index (κ2) is 10.5. The third-order valence-corrected chi connectivity index (χ3v) is 10.4. The molecule has 0 aliphatic heterocycles. The molecule has 0 atom stereocenters. The van der Waals surface area contributed by atoms with Crippen LogP contribution >= 0.6 is 0 Å². The van der Waals surface area contributed by atoms with Crippen molar-refractivity contribution in [2.45, 2.75) is 0 Å². The maximum absolute atomic E-state index is 14.6. The van der Waals surface area contributed by atoms with Crippen molar-refractivity contribution in [3.8, 4) is 22.5 Å². The minimum absolute atomic E-state index is 0.0595. The topological polar surface area (TPSA) is 44.2 Å². The van der Waals surface area contributed by atoms with E-state index in [4.69, 9.17) is 4.98 Å². The number of imidazole rings is 1. The highest BCUT2D eigenvalue weighted by molar-refractivity contribution is 6.22. The number of fused-ring (bicyclic) bond motifs is 13. The molecule has 5 heteroatoms. The molecule has 5 nitrogen and oxygen atoms in total. The van der Waals surface area contributed by atoms with Gasteiger partial charge in [-0.1, -0.05) is 115 Å². The number of rotatable bonds is 3. The normalized spacial score (nSPS) is 12.0. The molecule has 0 aliphatic rings. The Kier molecular flexibility index (Phi) is 5.75. The van der Waals surface area contributed by atoms with Gasteiger partial charge in [0.25, 0.3) is 5.56 Å². The number of para-hydroxylation sites is 4. The molecule has 0 unspecified atom stereocenters. The van der Waals surface area contributed by atoms with Gasteiger partial charge in [-0.3, -0.25) is 13.8 Å². The Hall–Kier alpha value is -6.98. The lowest BCUT2D eigenvalue weighted by molar-refractivity contribution is 1.02. The van der Waals surface area contributed by atoms with Gasteiger partial charge in [-0.15, -0.1) is 0 Å². The molecule has 238 valence electrons. The molecule has 7 aromatic carbocycles. The summed E-state index contributed by atoms with van der Waals surface area (Å²) < 4.78 is 6.38. The van der Waals surface area contributed by atoms with Crippen molar-refractivity contribution in [3.63, 3.8) is 0 Å². The van der Waals surface area contributed by atoms with Crippen molar-refractivity contribution in [1.29, 1.82) is 0 Å². The van der Waals surface area contributed by atoms with Crippen LogP contribution in [0.5, 0.6) is 0 Å². The largest absolute Gasteiger partial charge is 0.309 e. The van der Waals surface area contributed by atoms with Crippen LogP contribution in [0.4, 0.5) is 0 Å². The first kappa shape index (κ1) is 27.9. The van der Waals surface area contributed by atoms with Crippen LogP contribution in [0.25, 0.3) is 93.6 Å². The summed E-state index contributed by atoms with van der Waals surface area (Å²) in [7, 11) is 0. The second-order valence-electron chi connectivity index (χ2n) is 13.2. The van der Waals surface area contributed by atoms with Crippen molar-refractivity contribution in [2.75, 3.05) is 0 Å². The fourth-order valence-electron chi connectivity index (χ4n) is 8.18. The maximum Gasteiger partial charge on any atom is 0.264 e. The van der Waals surface area contributed by atoms with E-state index in [1.165, 1.54) is 21.8 Å². The van der Waals surface area contributed by atoms with Crippen LogP contribution in [0, 0.1) is 0 Å². The van der Waals surface area contributed by atoms with Crippen LogP contribution in [-0.4, -0.2) is 18.5 Å². The molecule has 0 aliphatic carbocycles. The number of hydrogen-bond acceptors (Lipinski definition) is 2. The van der Waals surface area contributed by atoms with Gasteiger partial charge in [0.15, 0.2) is 0 Å². The van der Waals surface area contributed by atoms with Gasteiger partial charge >= 0.3 is 0 Å². The number of pyridine rings is 2. The highest BCUT2D eigenvalue weighted by atomic mass is 16.1. The molecular formula is C46H28N4O. The average Bonchev–Trinajstić information content (AvgIpc) is 3.75. The van der Waals surface area contributed by atoms with Gasteiger partial charge in [-0.05, 0) is 76.5 Å². The van der Waals surface area contributed by atoms with E-state index in [2.05, 4.69) is 142 Å². The Labute approximate surface area is 291 Å². The average molecular weight is 653 g/mol. The highest BCUT2D eigenvalue weighted by Crippen LogP contribution is 2.37. The van der Waals surface area contributed by atoms with Crippen LogP contribution in [-0.2, 0) is 0 Å². The molecule has 11 aromatic rings. The molecule has 11 rings (SSSR count). The monoisotopic (exact) mass is 652 g/mol. The first-order valence-corrected chi connectivity index (χ1v) is 17.2. The summed E-state index contributed by atoms with van der Waals surface area (Å²) in [6, 6.07) is 58.7. The van der Waals surface area contributed by atoms with E-state index >= 15 is 0 Å². The molecular weight excluding hydrogens is 625 g/mol. The van der Waals surface area contributed by atoms with Crippen LogP contribution in [0.15, 0.2) is 175 Å². The van der Waals surface area contributed by atoms with Crippen LogP contribution < -0.4 is 5.56 Å². The summed E-state index contributed by atoms with van der Waals surface area (Å²) in [5.74, 6) is 0. The van der Waals surface area contributed by atoms with E-state index in [1.807, 2.05) is 41.0 Å². The summed E-state index contributed by atoms with van der Waals surface area (Å²) >= 11 is 0. The molecule has 0 fully saturated rings. The lowest BCUT2D eigenvalue weighted by Crippen LogP contribution is -2.21. The molecule has 0 spiro atoms. The number of aromatic nitrogens is 4. The SMILES string of the molecule is O=c1c2ccccc2c2c3ccccc3c3nc4ccccc4n3c2n1-c1ccc(-c2ccc(-n3c4ccccc4c4ccccc43)cc2)cc1. The minimum atomic E-state index is -0.0595. The molecule has 4 heterocycles. The number of benzene rings is 7. The summed E-state index contributed by atoms with van der Waals surface area (Å²) in [4.78, 5) is 19.7. The molecule has 51 heavy (non-hydrogen) atoms. The zero-order chi connectivity index (χ0) is 33.6. The van der Waals surface area contributed by atoms with Crippen molar-refractivity contribution < 1.29 is 0 Å². The first-order chi connectivity index (χ1) is 25.2. The molecule has 0 amide bonds. The van der Waals surface area contributed by atoms with E-state index < -0.39 is 0 Å². The van der Waals surface area contributed by atoms with Crippen LogP contribution in [0.3, 0.4) is 0 Å². The zero-order valence-electron chi connectivity index (χ0n) is 27.4. The summed E-state index contributed by atoms with van der Waals surface area (Å²) in [5, 5.41) is 7.27.